The normalized spacial score (nSPS) is 18.2. The van der Waals surface area contributed by atoms with Crippen molar-refractivity contribution < 1.29 is 9.53 Å². The van der Waals surface area contributed by atoms with Gasteiger partial charge in [0, 0.05) is 52.2 Å². The van der Waals surface area contributed by atoms with E-state index in [9.17, 15) is 4.79 Å². The number of nitrogens with two attached hydrogens (primary N) is 1. The summed E-state index contributed by atoms with van der Waals surface area (Å²) < 4.78 is 7.26. The maximum Gasteiger partial charge on any atom is 0.227 e. The molecule has 0 saturated carbocycles. The molecule has 1 aromatic rings. The summed E-state index contributed by atoms with van der Waals surface area (Å²) in [5.74, 6) is 1.02. The van der Waals surface area contributed by atoms with Crippen molar-refractivity contribution in [3.8, 4) is 0 Å². The van der Waals surface area contributed by atoms with E-state index in [1.165, 1.54) is 0 Å². The summed E-state index contributed by atoms with van der Waals surface area (Å²) in [5, 5.41) is 2.98. The molecule has 0 aliphatic carbocycles. The van der Waals surface area contributed by atoms with Crippen LogP contribution in [0.15, 0.2) is 12.4 Å². The van der Waals surface area contributed by atoms with Crippen molar-refractivity contribution in [2.75, 3.05) is 26.3 Å². The number of nitrogens with zero attached hydrogens (tertiary/aromatic N) is 2. The van der Waals surface area contributed by atoms with E-state index >= 15 is 0 Å². The van der Waals surface area contributed by atoms with Gasteiger partial charge < -0.3 is 20.4 Å². The Kier molecular flexibility index (Phi) is 4.55. The van der Waals surface area contributed by atoms with Gasteiger partial charge in [-0.3, -0.25) is 4.79 Å². The van der Waals surface area contributed by atoms with E-state index in [-0.39, 0.29) is 5.91 Å². The summed E-state index contributed by atoms with van der Waals surface area (Å²) in [7, 11) is 1.95. The molecule has 106 valence electrons. The Bertz CT molecular complexity index is 424. The number of ether oxygens (including phenoxy) is 1. The highest BCUT2D eigenvalue weighted by molar-refractivity contribution is 5.83. The lowest BCUT2D eigenvalue weighted by Gasteiger charge is -2.34. The van der Waals surface area contributed by atoms with E-state index in [4.69, 9.17) is 10.5 Å². The first kappa shape index (κ1) is 14.0. The first-order valence-electron chi connectivity index (χ1n) is 6.70. The lowest BCUT2D eigenvalue weighted by Crippen LogP contribution is -2.49. The van der Waals surface area contributed by atoms with Gasteiger partial charge in [0.2, 0.25) is 5.91 Å². The second kappa shape index (κ2) is 6.16. The predicted molar refractivity (Wildman–Crippen MR) is 71.5 cm³/mol. The average Bonchev–Trinajstić information content (AvgIpc) is 2.85. The third-order valence-electron chi connectivity index (χ3n) is 3.88. The molecule has 0 radical (unpaired) electrons. The number of nitrogens with one attached hydrogen (secondary N) is 1. The fraction of sp³-hybridized carbons (Fsp3) is 0.692. The maximum absolute atomic E-state index is 12.3. The van der Waals surface area contributed by atoms with Gasteiger partial charge in [0.15, 0.2) is 0 Å². The maximum atomic E-state index is 12.3. The molecule has 2 heterocycles. The molecule has 0 aromatic carbocycles. The molecule has 0 atom stereocenters. The van der Waals surface area contributed by atoms with Gasteiger partial charge in [-0.25, -0.2) is 4.98 Å². The van der Waals surface area contributed by atoms with E-state index in [0.717, 1.165) is 12.2 Å². The van der Waals surface area contributed by atoms with Crippen LogP contribution in [0.5, 0.6) is 0 Å². The monoisotopic (exact) mass is 266 g/mol. The molecule has 0 unspecified atom stereocenters. The van der Waals surface area contributed by atoms with Crippen LogP contribution in [0.4, 0.5) is 0 Å². The highest BCUT2D eigenvalue weighted by Crippen LogP contribution is 2.29. The molecule has 1 aliphatic rings. The number of amides is 1. The molecular formula is C13H22N4O2. The number of imidazole rings is 1. The summed E-state index contributed by atoms with van der Waals surface area (Å²) in [6, 6.07) is 0. The topological polar surface area (TPSA) is 82.2 Å². The van der Waals surface area contributed by atoms with Crippen LogP contribution in [-0.2, 0) is 23.0 Å². The number of rotatable bonds is 5. The molecule has 1 amide bonds. The number of carbonyl (C=O) groups excluding carboxylic acids is 1. The van der Waals surface area contributed by atoms with Gasteiger partial charge in [-0.2, -0.15) is 0 Å². The zero-order chi connectivity index (χ0) is 13.7. The number of aryl methyl sites for hydroxylation is 1. The standard InChI is InChI=1S/C13H22N4O2/c1-17-7-6-15-11(17)2-5-16-12(18)13(10-14)3-8-19-9-4-13/h6-7H,2-5,8-10,14H2,1H3,(H,16,18). The number of carbonyl (C=O) groups is 1. The average molecular weight is 266 g/mol. The SMILES string of the molecule is Cn1ccnc1CCNC(=O)C1(CN)CCOCC1. The first-order valence-corrected chi connectivity index (χ1v) is 6.70. The van der Waals surface area contributed by atoms with E-state index in [0.29, 0.717) is 39.1 Å². The molecule has 2 rings (SSSR count). The molecular weight excluding hydrogens is 244 g/mol. The van der Waals surface area contributed by atoms with Gasteiger partial charge in [0.1, 0.15) is 5.82 Å². The smallest absolute Gasteiger partial charge is 0.227 e. The molecule has 6 nitrogen and oxygen atoms in total. The van der Waals surface area contributed by atoms with Gasteiger partial charge in [0.25, 0.3) is 0 Å². The third kappa shape index (κ3) is 3.13. The van der Waals surface area contributed by atoms with Crippen LogP contribution in [-0.4, -0.2) is 41.8 Å². The largest absolute Gasteiger partial charge is 0.381 e. The minimum atomic E-state index is -0.445. The molecule has 1 fully saturated rings. The Morgan fingerprint density at radius 1 is 1.58 bits per heavy atom. The number of hydrogen-bond acceptors (Lipinski definition) is 4. The second-order valence-electron chi connectivity index (χ2n) is 5.06. The minimum absolute atomic E-state index is 0.0486. The van der Waals surface area contributed by atoms with Gasteiger partial charge >= 0.3 is 0 Å². The van der Waals surface area contributed by atoms with Gasteiger partial charge in [-0.05, 0) is 12.8 Å². The zero-order valence-electron chi connectivity index (χ0n) is 11.4. The number of aromatic nitrogens is 2. The van der Waals surface area contributed by atoms with Crippen molar-refractivity contribution in [1.29, 1.82) is 0 Å². The van der Waals surface area contributed by atoms with Crippen LogP contribution in [0.2, 0.25) is 0 Å². The lowest BCUT2D eigenvalue weighted by atomic mass is 9.79. The van der Waals surface area contributed by atoms with E-state index in [1.54, 1.807) is 6.20 Å². The molecule has 6 heteroatoms. The zero-order valence-corrected chi connectivity index (χ0v) is 11.4. The highest BCUT2D eigenvalue weighted by atomic mass is 16.5. The Labute approximate surface area is 113 Å². The van der Waals surface area contributed by atoms with Crippen LogP contribution in [0.3, 0.4) is 0 Å². The van der Waals surface area contributed by atoms with Crippen molar-refractivity contribution in [3.05, 3.63) is 18.2 Å². The highest BCUT2D eigenvalue weighted by Gasteiger charge is 2.38. The van der Waals surface area contributed by atoms with Crippen molar-refractivity contribution in [1.82, 2.24) is 14.9 Å². The molecule has 1 aromatic heterocycles. The first-order chi connectivity index (χ1) is 9.18. The van der Waals surface area contributed by atoms with Crippen molar-refractivity contribution in [2.24, 2.45) is 18.2 Å². The summed E-state index contributed by atoms with van der Waals surface area (Å²) in [4.78, 5) is 16.5. The Balaban J connectivity index is 1.84. The van der Waals surface area contributed by atoms with E-state index in [1.807, 2.05) is 17.8 Å². The van der Waals surface area contributed by atoms with Crippen molar-refractivity contribution in [2.45, 2.75) is 19.3 Å². The molecule has 0 bridgehead atoms. The summed E-state index contributed by atoms with van der Waals surface area (Å²) >= 11 is 0. The summed E-state index contributed by atoms with van der Waals surface area (Å²) in [5.41, 5.74) is 5.35. The van der Waals surface area contributed by atoms with Crippen LogP contribution in [0.25, 0.3) is 0 Å². The van der Waals surface area contributed by atoms with Crippen molar-refractivity contribution in [3.63, 3.8) is 0 Å². The lowest BCUT2D eigenvalue weighted by molar-refractivity contribution is -0.135. The molecule has 19 heavy (non-hydrogen) atoms. The molecule has 1 saturated heterocycles. The van der Waals surface area contributed by atoms with Gasteiger partial charge in [0.05, 0.1) is 5.41 Å². The van der Waals surface area contributed by atoms with Crippen LogP contribution >= 0.6 is 0 Å². The summed E-state index contributed by atoms with van der Waals surface area (Å²) in [6.45, 7) is 2.20. The second-order valence-corrected chi connectivity index (χ2v) is 5.06. The van der Waals surface area contributed by atoms with Crippen LogP contribution < -0.4 is 11.1 Å². The van der Waals surface area contributed by atoms with E-state index < -0.39 is 5.41 Å². The fourth-order valence-corrected chi connectivity index (χ4v) is 2.40. The van der Waals surface area contributed by atoms with Gasteiger partial charge in [-0.15, -0.1) is 0 Å². The third-order valence-corrected chi connectivity index (χ3v) is 3.88. The Hall–Kier alpha value is -1.40. The predicted octanol–water partition coefficient (Wildman–Crippen LogP) is -0.166. The fourth-order valence-electron chi connectivity index (χ4n) is 2.40. The molecule has 3 N–H and O–H groups in total. The number of hydrogen-bond donors (Lipinski definition) is 2. The quantitative estimate of drug-likeness (QED) is 0.775. The van der Waals surface area contributed by atoms with Gasteiger partial charge in [-0.1, -0.05) is 0 Å². The van der Waals surface area contributed by atoms with Crippen LogP contribution in [0, 0.1) is 5.41 Å². The minimum Gasteiger partial charge on any atom is -0.381 e. The van der Waals surface area contributed by atoms with Crippen molar-refractivity contribution >= 4 is 5.91 Å². The Morgan fingerprint density at radius 2 is 2.32 bits per heavy atom. The molecule has 0 spiro atoms. The Morgan fingerprint density at radius 3 is 2.89 bits per heavy atom. The summed E-state index contributed by atoms with van der Waals surface area (Å²) in [6.07, 6.45) is 5.80. The molecule has 1 aliphatic heterocycles. The van der Waals surface area contributed by atoms with E-state index in [2.05, 4.69) is 10.3 Å². The van der Waals surface area contributed by atoms with Crippen LogP contribution in [0.1, 0.15) is 18.7 Å².